The van der Waals surface area contributed by atoms with Gasteiger partial charge in [-0.2, -0.15) is 0 Å². The van der Waals surface area contributed by atoms with E-state index in [0.29, 0.717) is 12.4 Å². The van der Waals surface area contributed by atoms with Crippen LogP contribution >= 0.6 is 0 Å². The molecule has 2 bridgehead atoms. The summed E-state index contributed by atoms with van der Waals surface area (Å²) in [6.45, 7) is 2.35. The lowest BCUT2D eigenvalue weighted by Gasteiger charge is -2.34. The van der Waals surface area contributed by atoms with Gasteiger partial charge in [0.1, 0.15) is 11.7 Å². The average Bonchev–Trinajstić information content (AvgIpc) is 2.71. The van der Waals surface area contributed by atoms with Gasteiger partial charge in [-0.15, -0.1) is 0 Å². The lowest BCUT2D eigenvalue weighted by Crippen LogP contribution is -2.46. The molecule has 4 heteroatoms. The molecule has 5 unspecified atom stereocenters. The minimum atomic E-state index is -0.560. The number of ether oxygens (including phenoxy) is 2. The Morgan fingerprint density at radius 1 is 1.57 bits per heavy atom. The molecule has 14 heavy (non-hydrogen) atoms. The van der Waals surface area contributed by atoms with Crippen molar-refractivity contribution < 1.29 is 19.1 Å². The Kier molecular flexibility index (Phi) is 1.36. The molecule has 1 saturated heterocycles. The molecule has 0 aromatic carbocycles. The van der Waals surface area contributed by atoms with Crippen LogP contribution < -0.4 is 0 Å². The maximum absolute atomic E-state index is 11.4. The van der Waals surface area contributed by atoms with E-state index < -0.39 is 5.60 Å². The number of hydrogen-bond acceptors (Lipinski definition) is 4. The van der Waals surface area contributed by atoms with Gasteiger partial charge in [0.15, 0.2) is 0 Å². The van der Waals surface area contributed by atoms with Crippen molar-refractivity contribution in [2.24, 2.45) is 17.8 Å². The van der Waals surface area contributed by atoms with Crippen LogP contribution in [-0.4, -0.2) is 24.1 Å². The summed E-state index contributed by atoms with van der Waals surface area (Å²) in [5.74, 6) is 0.575. The lowest BCUT2D eigenvalue weighted by molar-refractivity contribution is -0.167. The molecule has 2 saturated carbocycles. The van der Waals surface area contributed by atoms with E-state index in [-0.39, 0.29) is 23.9 Å². The largest absolute Gasteiger partial charge is 0.458 e. The van der Waals surface area contributed by atoms with Gasteiger partial charge < -0.3 is 9.47 Å². The number of fused-ring (bicyclic) bond motifs is 1. The highest BCUT2D eigenvalue weighted by Crippen LogP contribution is 2.60. The van der Waals surface area contributed by atoms with E-state index in [1.54, 1.807) is 0 Å². The number of hydrogen-bond donors (Lipinski definition) is 0. The Morgan fingerprint density at radius 3 is 3.07 bits per heavy atom. The zero-order valence-electron chi connectivity index (χ0n) is 7.93. The molecule has 0 radical (unpaired) electrons. The molecule has 3 rings (SSSR count). The van der Waals surface area contributed by atoms with Gasteiger partial charge in [0, 0.05) is 11.8 Å². The SMILES string of the molecule is CC1(OC=O)C2CC3C(=O)OC1C3C2. The third-order valence-electron chi connectivity index (χ3n) is 4.22. The van der Waals surface area contributed by atoms with Gasteiger partial charge in [-0.25, -0.2) is 0 Å². The molecule has 0 aromatic heterocycles. The van der Waals surface area contributed by atoms with Crippen molar-refractivity contribution in [3.05, 3.63) is 0 Å². The summed E-state index contributed by atoms with van der Waals surface area (Å²) < 4.78 is 10.4. The average molecular weight is 196 g/mol. The van der Waals surface area contributed by atoms with Gasteiger partial charge >= 0.3 is 5.97 Å². The zero-order valence-corrected chi connectivity index (χ0v) is 7.93. The van der Waals surface area contributed by atoms with Gasteiger partial charge in [-0.3, -0.25) is 9.59 Å². The molecule has 3 aliphatic rings. The Bertz CT molecular complexity index is 313. The van der Waals surface area contributed by atoms with E-state index in [2.05, 4.69) is 0 Å². The summed E-state index contributed by atoms with van der Waals surface area (Å²) in [6.07, 6.45) is 1.60. The van der Waals surface area contributed by atoms with E-state index in [1.165, 1.54) is 0 Å². The molecular formula is C10H12O4. The Balaban J connectivity index is 1.98. The molecule has 76 valence electrons. The highest BCUT2D eigenvalue weighted by atomic mass is 16.6. The fourth-order valence-corrected chi connectivity index (χ4v) is 3.49. The van der Waals surface area contributed by atoms with Crippen molar-refractivity contribution in [2.75, 3.05) is 0 Å². The second-order valence-electron chi connectivity index (χ2n) is 4.69. The van der Waals surface area contributed by atoms with Gasteiger partial charge in [0.25, 0.3) is 6.47 Å². The maximum atomic E-state index is 11.4. The van der Waals surface area contributed by atoms with E-state index >= 15 is 0 Å². The molecule has 0 spiro atoms. The van der Waals surface area contributed by atoms with Crippen molar-refractivity contribution in [1.82, 2.24) is 0 Å². The van der Waals surface area contributed by atoms with Crippen LogP contribution in [-0.2, 0) is 19.1 Å². The lowest BCUT2D eigenvalue weighted by atomic mass is 9.80. The van der Waals surface area contributed by atoms with Crippen molar-refractivity contribution >= 4 is 12.4 Å². The standard InChI is InChI=1S/C10H12O4/c1-10(13-4-11)5-2-6-7(3-5)9(12)14-8(6)10/h4-8H,2-3H2,1H3. The van der Waals surface area contributed by atoms with Crippen LogP contribution in [0.2, 0.25) is 0 Å². The summed E-state index contributed by atoms with van der Waals surface area (Å²) >= 11 is 0. The van der Waals surface area contributed by atoms with E-state index in [0.717, 1.165) is 12.8 Å². The molecule has 0 N–H and O–H groups in total. The summed E-state index contributed by atoms with van der Waals surface area (Å²) in [5.41, 5.74) is -0.560. The van der Waals surface area contributed by atoms with Crippen LogP contribution in [0, 0.1) is 17.8 Å². The third-order valence-corrected chi connectivity index (χ3v) is 4.22. The normalized spacial score (nSPS) is 53.4. The first-order chi connectivity index (χ1) is 6.66. The third kappa shape index (κ3) is 0.713. The smallest absolute Gasteiger partial charge is 0.309 e. The number of carbonyl (C=O) groups excluding carboxylic acids is 2. The van der Waals surface area contributed by atoms with Gasteiger partial charge in [-0.05, 0) is 19.8 Å². The molecule has 3 fully saturated rings. The molecule has 1 heterocycles. The first kappa shape index (κ1) is 8.26. The monoisotopic (exact) mass is 196 g/mol. The fraction of sp³-hybridized carbons (Fsp3) is 0.800. The second kappa shape index (κ2) is 2.30. The summed E-state index contributed by atoms with van der Waals surface area (Å²) in [6, 6.07) is 0. The van der Waals surface area contributed by atoms with E-state index in [4.69, 9.17) is 9.47 Å². The van der Waals surface area contributed by atoms with Crippen LogP contribution in [0.4, 0.5) is 0 Å². The molecule has 4 nitrogen and oxygen atoms in total. The molecule has 1 aliphatic heterocycles. The topological polar surface area (TPSA) is 52.6 Å². The predicted octanol–water partition coefficient (Wildman–Crippen LogP) is 0.499. The molecule has 2 aliphatic carbocycles. The predicted molar refractivity (Wildman–Crippen MR) is 45.1 cm³/mol. The summed E-state index contributed by atoms with van der Waals surface area (Å²) in [5, 5.41) is 0. The van der Waals surface area contributed by atoms with Gasteiger partial charge in [-0.1, -0.05) is 0 Å². The zero-order chi connectivity index (χ0) is 9.92. The fourth-order valence-electron chi connectivity index (χ4n) is 3.49. The van der Waals surface area contributed by atoms with Crippen molar-refractivity contribution in [2.45, 2.75) is 31.5 Å². The van der Waals surface area contributed by atoms with Gasteiger partial charge in [0.2, 0.25) is 0 Å². The Labute approximate surface area is 81.6 Å². The minimum absolute atomic E-state index is 0.0772. The van der Waals surface area contributed by atoms with Gasteiger partial charge in [0.05, 0.1) is 5.92 Å². The molecule has 0 aromatic rings. The van der Waals surface area contributed by atoms with E-state index in [9.17, 15) is 9.59 Å². The van der Waals surface area contributed by atoms with Crippen LogP contribution in [0.25, 0.3) is 0 Å². The number of carbonyl (C=O) groups is 2. The highest BCUT2D eigenvalue weighted by Gasteiger charge is 2.68. The van der Waals surface area contributed by atoms with Crippen LogP contribution in [0.15, 0.2) is 0 Å². The summed E-state index contributed by atoms with van der Waals surface area (Å²) in [4.78, 5) is 21.9. The Hall–Kier alpha value is -1.06. The first-order valence-electron chi connectivity index (χ1n) is 4.99. The van der Waals surface area contributed by atoms with E-state index in [1.807, 2.05) is 6.92 Å². The minimum Gasteiger partial charge on any atom is -0.458 e. The van der Waals surface area contributed by atoms with Crippen LogP contribution in [0.1, 0.15) is 19.8 Å². The van der Waals surface area contributed by atoms with Crippen LogP contribution in [0.5, 0.6) is 0 Å². The van der Waals surface area contributed by atoms with Crippen molar-refractivity contribution in [3.8, 4) is 0 Å². The highest BCUT2D eigenvalue weighted by molar-refractivity contribution is 5.77. The van der Waals surface area contributed by atoms with Crippen LogP contribution in [0.3, 0.4) is 0 Å². The molecule has 0 amide bonds. The molecular weight excluding hydrogens is 184 g/mol. The first-order valence-corrected chi connectivity index (χ1v) is 4.99. The second-order valence-corrected chi connectivity index (χ2v) is 4.69. The van der Waals surface area contributed by atoms with Crippen molar-refractivity contribution in [3.63, 3.8) is 0 Å². The Morgan fingerprint density at radius 2 is 2.36 bits per heavy atom. The number of esters is 1. The summed E-state index contributed by atoms with van der Waals surface area (Å²) in [7, 11) is 0. The maximum Gasteiger partial charge on any atom is 0.309 e. The quantitative estimate of drug-likeness (QED) is 0.476. The molecule has 5 atom stereocenters. The van der Waals surface area contributed by atoms with Crippen molar-refractivity contribution in [1.29, 1.82) is 0 Å². The number of rotatable bonds is 2.